The van der Waals surface area contributed by atoms with Gasteiger partial charge in [-0.1, -0.05) is 12.1 Å². The van der Waals surface area contributed by atoms with Crippen LogP contribution in [0.5, 0.6) is 5.75 Å². The maximum atomic E-state index is 10.9. The topological polar surface area (TPSA) is 81.8 Å². The van der Waals surface area contributed by atoms with Gasteiger partial charge in [0.15, 0.2) is 0 Å². The Kier molecular flexibility index (Phi) is 4.39. The molecule has 1 saturated heterocycles. The van der Waals surface area contributed by atoms with Gasteiger partial charge in [-0.15, -0.1) is 0 Å². The number of hydrogen-bond donors (Lipinski definition) is 2. The molecule has 2 unspecified atom stereocenters. The van der Waals surface area contributed by atoms with Gasteiger partial charge in [-0.05, 0) is 23.6 Å². The van der Waals surface area contributed by atoms with Crippen molar-refractivity contribution in [3.63, 3.8) is 0 Å². The monoisotopic (exact) mass is 265 g/mol. The summed E-state index contributed by atoms with van der Waals surface area (Å²) in [5, 5.41) is 8.90. The minimum atomic E-state index is -1.00. The van der Waals surface area contributed by atoms with Crippen molar-refractivity contribution in [1.29, 1.82) is 0 Å². The minimum absolute atomic E-state index is 0.264. The zero-order valence-electron chi connectivity index (χ0n) is 11.0. The van der Waals surface area contributed by atoms with Crippen molar-refractivity contribution in [2.24, 2.45) is 5.73 Å². The molecule has 104 valence electrons. The summed E-state index contributed by atoms with van der Waals surface area (Å²) in [6, 6.07) is 4.95. The van der Waals surface area contributed by atoms with Gasteiger partial charge in [-0.3, -0.25) is 4.79 Å². The van der Waals surface area contributed by atoms with Gasteiger partial charge in [-0.25, -0.2) is 0 Å². The van der Waals surface area contributed by atoms with Gasteiger partial charge in [0.2, 0.25) is 0 Å². The van der Waals surface area contributed by atoms with E-state index in [1.807, 2.05) is 18.2 Å². The average Bonchev–Trinajstić information content (AvgIpc) is 2.92. The Hall–Kier alpha value is -1.59. The third-order valence-electron chi connectivity index (χ3n) is 3.46. The highest BCUT2D eigenvalue weighted by Crippen LogP contribution is 2.29. The molecular weight excluding hydrogens is 246 g/mol. The summed E-state index contributed by atoms with van der Waals surface area (Å²) in [6.07, 6.45) is 1.26. The van der Waals surface area contributed by atoms with Crippen LogP contribution in [0.2, 0.25) is 0 Å². The number of rotatable bonds is 5. The Balaban J connectivity index is 2.22. The number of benzene rings is 1. The molecule has 1 fully saturated rings. The zero-order valence-corrected chi connectivity index (χ0v) is 11.0. The second-order valence-corrected chi connectivity index (χ2v) is 4.78. The van der Waals surface area contributed by atoms with Crippen LogP contribution >= 0.6 is 0 Å². The van der Waals surface area contributed by atoms with Gasteiger partial charge in [0.25, 0.3) is 0 Å². The first-order valence-corrected chi connectivity index (χ1v) is 6.34. The van der Waals surface area contributed by atoms with Crippen molar-refractivity contribution in [3.8, 4) is 5.75 Å². The predicted octanol–water partition coefficient (Wildman–Crippen LogP) is 1.15. The van der Waals surface area contributed by atoms with E-state index < -0.39 is 12.0 Å². The minimum Gasteiger partial charge on any atom is -0.496 e. The molecule has 2 rings (SSSR count). The van der Waals surface area contributed by atoms with Crippen LogP contribution in [0.4, 0.5) is 0 Å². The number of hydrogen-bond acceptors (Lipinski definition) is 4. The Labute approximate surface area is 112 Å². The molecule has 1 aromatic carbocycles. The molecule has 0 aromatic heterocycles. The summed E-state index contributed by atoms with van der Waals surface area (Å²) in [5.74, 6) is 0.0572. The predicted molar refractivity (Wildman–Crippen MR) is 70.5 cm³/mol. The van der Waals surface area contributed by atoms with Crippen LogP contribution in [0.25, 0.3) is 0 Å². The number of carbonyl (C=O) groups is 1. The second kappa shape index (κ2) is 6.04. The largest absolute Gasteiger partial charge is 0.496 e. The highest BCUT2D eigenvalue weighted by atomic mass is 16.5. The summed E-state index contributed by atoms with van der Waals surface area (Å²) >= 11 is 0. The van der Waals surface area contributed by atoms with Gasteiger partial charge in [-0.2, -0.15) is 0 Å². The van der Waals surface area contributed by atoms with E-state index in [-0.39, 0.29) is 6.42 Å². The lowest BCUT2D eigenvalue weighted by molar-refractivity contribution is -0.138. The van der Waals surface area contributed by atoms with Gasteiger partial charge < -0.3 is 20.3 Å². The van der Waals surface area contributed by atoms with Crippen LogP contribution in [0.3, 0.4) is 0 Å². The zero-order chi connectivity index (χ0) is 13.8. The molecule has 1 aliphatic rings. The van der Waals surface area contributed by atoms with E-state index in [4.69, 9.17) is 20.3 Å². The molecule has 0 spiro atoms. The first kappa shape index (κ1) is 13.8. The van der Waals surface area contributed by atoms with Gasteiger partial charge in [0.05, 0.1) is 13.7 Å². The molecule has 1 heterocycles. The van der Waals surface area contributed by atoms with E-state index in [2.05, 4.69) is 0 Å². The molecule has 0 bridgehead atoms. The third kappa shape index (κ3) is 3.24. The number of nitrogens with two attached hydrogens (primary N) is 1. The molecule has 5 heteroatoms. The van der Waals surface area contributed by atoms with Crippen LogP contribution in [-0.4, -0.2) is 37.4 Å². The standard InChI is InChI=1S/C14H19NO4/c1-18-13-3-2-9(10-4-5-19-8-10)6-11(13)7-12(15)14(16)17/h2-3,6,10,12H,4-5,7-8,15H2,1H3,(H,16,17). The molecule has 2 atom stereocenters. The highest BCUT2D eigenvalue weighted by Gasteiger charge is 2.20. The van der Waals surface area contributed by atoms with Crippen LogP contribution in [0.1, 0.15) is 23.5 Å². The van der Waals surface area contributed by atoms with Crippen LogP contribution < -0.4 is 10.5 Å². The molecule has 0 saturated carbocycles. The SMILES string of the molecule is COc1ccc(C2CCOC2)cc1CC(N)C(=O)O. The lowest BCUT2D eigenvalue weighted by atomic mass is 9.94. The average molecular weight is 265 g/mol. The second-order valence-electron chi connectivity index (χ2n) is 4.78. The number of carboxylic acids is 1. The molecule has 5 nitrogen and oxygen atoms in total. The summed E-state index contributed by atoms with van der Waals surface area (Å²) < 4.78 is 10.6. The molecule has 0 aliphatic carbocycles. The summed E-state index contributed by atoms with van der Waals surface area (Å²) in [4.78, 5) is 10.9. The number of aliphatic carboxylic acids is 1. The van der Waals surface area contributed by atoms with Crippen molar-refractivity contribution in [2.45, 2.75) is 24.8 Å². The molecule has 3 N–H and O–H groups in total. The van der Waals surface area contributed by atoms with Crippen molar-refractivity contribution >= 4 is 5.97 Å². The maximum absolute atomic E-state index is 10.9. The van der Waals surface area contributed by atoms with E-state index >= 15 is 0 Å². The fraction of sp³-hybridized carbons (Fsp3) is 0.500. The van der Waals surface area contributed by atoms with Crippen molar-refractivity contribution in [3.05, 3.63) is 29.3 Å². The van der Waals surface area contributed by atoms with Crippen molar-refractivity contribution < 1.29 is 19.4 Å². The smallest absolute Gasteiger partial charge is 0.320 e. The van der Waals surface area contributed by atoms with Gasteiger partial charge in [0.1, 0.15) is 11.8 Å². The molecule has 19 heavy (non-hydrogen) atoms. The maximum Gasteiger partial charge on any atom is 0.320 e. The van der Waals surface area contributed by atoms with Gasteiger partial charge >= 0.3 is 5.97 Å². The molecule has 0 radical (unpaired) electrons. The Morgan fingerprint density at radius 3 is 3.00 bits per heavy atom. The quantitative estimate of drug-likeness (QED) is 0.834. The van der Waals surface area contributed by atoms with Crippen LogP contribution in [0.15, 0.2) is 18.2 Å². The molecule has 1 aliphatic heterocycles. The highest BCUT2D eigenvalue weighted by molar-refractivity contribution is 5.73. The lowest BCUT2D eigenvalue weighted by Crippen LogP contribution is -2.32. The van der Waals surface area contributed by atoms with Crippen molar-refractivity contribution in [2.75, 3.05) is 20.3 Å². The fourth-order valence-electron chi connectivity index (χ4n) is 2.33. The van der Waals surface area contributed by atoms with Crippen molar-refractivity contribution in [1.82, 2.24) is 0 Å². The first-order chi connectivity index (χ1) is 9.11. The third-order valence-corrected chi connectivity index (χ3v) is 3.46. The number of methoxy groups -OCH3 is 1. The molecular formula is C14H19NO4. The van der Waals surface area contributed by atoms with Gasteiger partial charge in [0, 0.05) is 18.9 Å². The number of ether oxygens (including phenoxy) is 2. The lowest BCUT2D eigenvalue weighted by Gasteiger charge is -2.15. The molecule has 0 amide bonds. The fourth-order valence-corrected chi connectivity index (χ4v) is 2.33. The Morgan fingerprint density at radius 2 is 2.42 bits per heavy atom. The number of carboxylic acid groups (broad SMARTS) is 1. The Morgan fingerprint density at radius 1 is 1.63 bits per heavy atom. The van der Waals surface area contributed by atoms with Crippen LogP contribution in [0, 0.1) is 0 Å². The first-order valence-electron chi connectivity index (χ1n) is 6.34. The Bertz CT molecular complexity index is 455. The van der Waals surface area contributed by atoms with E-state index in [1.54, 1.807) is 7.11 Å². The van der Waals surface area contributed by atoms with Crippen LogP contribution in [-0.2, 0) is 16.0 Å². The van der Waals surface area contributed by atoms with E-state index in [1.165, 1.54) is 0 Å². The summed E-state index contributed by atoms with van der Waals surface area (Å²) in [7, 11) is 1.57. The summed E-state index contributed by atoms with van der Waals surface area (Å²) in [5.41, 5.74) is 7.59. The van der Waals surface area contributed by atoms with E-state index in [9.17, 15) is 4.79 Å². The van der Waals surface area contributed by atoms with E-state index in [0.717, 1.165) is 30.8 Å². The molecule has 1 aromatic rings. The normalized spacial score (nSPS) is 20.2. The summed E-state index contributed by atoms with van der Waals surface area (Å²) in [6.45, 7) is 1.50. The van der Waals surface area contributed by atoms with E-state index in [0.29, 0.717) is 11.7 Å².